The second kappa shape index (κ2) is 9.37. The minimum Gasteiger partial charge on any atom is -0.326 e. The van der Waals surface area contributed by atoms with E-state index in [9.17, 15) is 13.2 Å². The Bertz CT molecular complexity index is 780. The summed E-state index contributed by atoms with van der Waals surface area (Å²) in [4.78, 5) is 14.0. The summed E-state index contributed by atoms with van der Waals surface area (Å²) in [6.07, 6.45) is 8.47. The third-order valence-electron chi connectivity index (χ3n) is 5.95. The summed E-state index contributed by atoms with van der Waals surface area (Å²) in [5.41, 5.74) is 1.18. The molecule has 1 aromatic rings. The number of anilines is 1. The minimum atomic E-state index is -3.61. The Labute approximate surface area is 169 Å². The van der Waals surface area contributed by atoms with Gasteiger partial charge in [-0.1, -0.05) is 25.3 Å². The Hall–Kier alpha value is -1.44. The highest BCUT2D eigenvalue weighted by Crippen LogP contribution is 2.26. The average molecular weight is 408 g/mol. The highest BCUT2D eigenvalue weighted by molar-refractivity contribution is 7.89. The van der Waals surface area contributed by atoms with Crippen LogP contribution in [0, 0.1) is 12.8 Å². The number of benzene rings is 1. The number of piperidine rings is 1. The highest BCUT2D eigenvalue weighted by Gasteiger charge is 2.27. The Morgan fingerprint density at radius 1 is 1.11 bits per heavy atom. The molecule has 2 N–H and O–H groups in total. The second-order valence-electron chi connectivity index (χ2n) is 8.36. The first-order valence-electron chi connectivity index (χ1n) is 10.5. The average Bonchev–Trinajstić information content (AvgIpc) is 2.65. The third kappa shape index (κ3) is 5.78. The monoisotopic (exact) mass is 407 g/mol. The van der Waals surface area contributed by atoms with E-state index in [0.29, 0.717) is 11.3 Å². The van der Waals surface area contributed by atoms with Crippen molar-refractivity contribution in [2.24, 2.45) is 5.92 Å². The van der Waals surface area contributed by atoms with Crippen molar-refractivity contribution < 1.29 is 13.2 Å². The van der Waals surface area contributed by atoms with E-state index >= 15 is 0 Å². The molecular formula is C21H33N3O3S. The number of carbonyl (C=O) groups excluding carboxylic acids is 1. The summed E-state index contributed by atoms with van der Waals surface area (Å²) >= 11 is 0. The van der Waals surface area contributed by atoms with Crippen LogP contribution in [-0.4, -0.2) is 44.9 Å². The van der Waals surface area contributed by atoms with Gasteiger partial charge in [-0.3, -0.25) is 4.79 Å². The topological polar surface area (TPSA) is 78.5 Å². The van der Waals surface area contributed by atoms with Gasteiger partial charge < -0.3 is 10.2 Å². The normalized spacial score (nSPS) is 20.2. The lowest BCUT2D eigenvalue weighted by Gasteiger charge is -2.35. The molecule has 1 saturated heterocycles. The van der Waals surface area contributed by atoms with Gasteiger partial charge in [0.1, 0.15) is 0 Å². The molecule has 0 bridgehead atoms. The Balaban J connectivity index is 1.57. The Morgan fingerprint density at radius 2 is 1.79 bits per heavy atom. The summed E-state index contributed by atoms with van der Waals surface area (Å²) in [7, 11) is -3.61. The van der Waals surface area contributed by atoms with E-state index in [4.69, 9.17) is 0 Å². The van der Waals surface area contributed by atoms with E-state index in [1.54, 1.807) is 19.1 Å². The zero-order valence-corrected chi connectivity index (χ0v) is 17.9. The van der Waals surface area contributed by atoms with Crippen LogP contribution >= 0.6 is 0 Å². The van der Waals surface area contributed by atoms with Crippen molar-refractivity contribution in [2.75, 3.05) is 25.0 Å². The summed E-state index contributed by atoms with van der Waals surface area (Å²) in [6, 6.07) is 4.96. The zero-order chi connectivity index (χ0) is 20.1. The number of aryl methyl sites for hydroxylation is 1. The molecule has 1 aromatic carbocycles. The van der Waals surface area contributed by atoms with Gasteiger partial charge in [-0.25, -0.2) is 13.1 Å². The van der Waals surface area contributed by atoms with Gasteiger partial charge in [0.05, 0.1) is 4.90 Å². The van der Waals surface area contributed by atoms with E-state index in [0.717, 1.165) is 38.4 Å². The van der Waals surface area contributed by atoms with Gasteiger partial charge in [0.2, 0.25) is 15.9 Å². The molecule has 1 saturated carbocycles. The Morgan fingerprint density at radius 3 is 2.43 bits per heavy atom. The van der Waals surface area contributed by atoms with E-state index in [2.05, 4.69) is 14.9 Å². The number of hydrogen-bond donors (Lipinski definition) is 2. The fourth-order valence-corrected chi connectivity index (χ4v) is 6.00. The van der Waals surface area contributed by atoms with Crippen LogP contribution in [0.2, 0.25) is 0 Å². The van der Waals surface area contributed by atoms with Crippen molar-refractivity contribution in [3.63, 3.8) is 0 Å². The minimum absolute atomic E-state index is 0.0311. The van der Waals surface area contributed by atoms with E-state index < -0.39 is 10.0 Å². The van der Waals surface area contributed by atoms with Crippen LogP contribution in [0.3, 0.4) is 0 Å². The predicted molar refractivity (Wildman–Crippen MR) is 112 cm³/mol. The first-order chi connectivity index (χ1) is 13.3. The predicted octanol–water partition coefficient (Wildman–Crippen LogP) is 3.28. The number of likely N-dealkylation sites (tertiary alicyclic amines) is 1. The number of amides is 1. The van der Waals surface area contributed by atoms with Crippen molar-refractivity contribution in [1.82, 2.24) is 9.62 Å². The summed E-state index contributed by atoms with van der Waals surface area (Å²) in [6.45, 7) is 6.26. The summed E-state index contributed by atoms with van der Waals surface area (Å²) < 4.78 is 28.7. The molecule has 2 fully saturated rings. The molecular weight excluding hydrogens is 374 g/mol. The highest BCUT2D eigenvalue weighted by atomic mass is 32.2. The van der Waals surface area contributed by atoms with Crippen molar-refractivity contribution in [2.45, 2.75) is 69.7 Å². The fourth-order valence-electron chi connectivity index (χ4n) is 4.42. The van der Waals surface area contributed by atoms with Gasteiger partial charge in [-0.05, 0) is 69.3 Å². The zero-order valence-electron chi connectivity index (χ0n) is 17.0. The van der Waals surface area contributed by atoms with Crippen molar-refractivity contribution in [3.05, 3.63) is 23.8 Å². The molecule has 0 atom stereocenters. The van der Waals surface area contributed by atoms with Crippen LogP contribution in [0.25, 0.3) is 0 Å². The fraction of sp³-hybridized carbons (Fsp3) is 0.667. The quantitative estimate of drug-likeness (QED) is 0.759. The molecule has 2 aliphatic rings. The molecule has 1 aliphatic carbocycles. The van der Waals surface area contributed by atoms with Crippen LogP contribution in [0.15, 0.2) is 23.1 Å². The molecule has 0 unspecified atom stereocenters. The Kier molecular flexibility index (Phi) is 7.12. The van der Waals surface area contributed by atoms with Gasteiger partial charge in [0.15, 0.2) is 0 Å². The number of hydrogen-bond acceptors (Lipinski definition) is 4. The molecule has 6 nitrogen and oxygen atoms in total. The maximum atomic E-state index is 12.9. The summed E-state index contributed by atoms with van der Waals surface area (Å²) in [5, 5.41) is 2.65. The van der Waals surface area contributed by atoms with Crippen LogP contribution in [-0.2, 0) is 14.8 Å². The molecule has 28 heavy (non-hydrogen) atoms. The molecule has 3 rings (SSSR count). The van der Waals surface area contributed by atoms with Crippen molar-refractivity contribution in [1.29, 1.82) is 0 Å². The maximum absolute atomic E-state index is 12.9. The van der Waals surface area contributed by atoms with E-state index in [1.165, 1.54) is 45.1 Å². The molecule has 0 aromatic heterocycles. The van der Waals surface area contributed by atoms with Gasteiger partial charge in [0, 0.05) is 25.2 Å². The largest absolute Gasteiger partial charge is 0.326 e. The lowest BCUT2D eigenvalue weighted by Crippen LogP contribution is -2.46. The first-order valence-corrected chi connectivity index (χ1v) is 11.9. The van der Waals surface area contributed by atoms with Crippen LogP contribution in [0.4, 0.5) is 5.69 Å². The number of sulfonamides is 1. The van der Waals surface area contributed by atoms with Crippen LogP contribution in [0.1, 0.15) is 57.4 Å². The lowest BCUT2D eigenvalue weighted by atomic mass is 9.88. The van der Waals surface area contributed by atoms with Crippen molar-refractivity contribution >= 4 is 21.6 Å². The third-order valence-corrected chi connectivity index (χ3v) is 7.61. The lowest BCUT2D eigenvalue weighted by molar-refractivity contribution is -0.114. The standard InChI is InChI=1S/C21H33N3O3S/c1-16-8-9-20(22-17(2)25)14-21(16)28(26,27)23-19-10-12-24(13-11-19)15-18-6-4-3-5-7-18/h8-9,14,18-19,23H,3-7,10-13,15H2,1-2H3,(H,22,25). The van der Waals surface area contributed by atoms with Gasteiger partial charge in [-0.15, -0.1) is 0 Å². The maximum Gasteiger partial charge on any atom is 0.241 e. The molecule has 0 radical (unpaired) electrons. The van der Waals surface area contributed by atoms with Crippen molar-refractivity contribution in [3.8, 4) is 0 Å². The first kappa shape index (κ1) is 21.3. The molecule has 156 valence electrons. The molecule has 1 heterocycles. The van der Waals surface area contributed by atoms with Gasteiger partial charge in [0.25, 0.3) is 0 Å². The smallest absolute Gasteiger partial charge is 0.241 e. The SMILES string of the molecule is CC(=O)Nc1ccc(C)c(S(=O)(=O)NC2CCN(CC3CCCCC3)CC2)c1. The number of rotatable bonds is 6. The number of nitrogens with one attached hydrogen (secondary N) is 2. The molecule has 0 spiro atoms. The number of carbonyl (C=O) groups is 1. The van der Waals surface area contributed by atoms with Crippen LogP contribution in [0.5, 0.6) is 0 Å². The summed E-state index contributed by atoms with van der Waals surface area (Å²) in [5.74, 6) is 0.603. The second-order valence-corrected chi connectivity index (χ2v) is 10.0. The molecule has 7 heteroatoms. The molecule has 1 amide bonds. The van der Waals surface area contributed by atoms with Crippen LogP contribution < -0.4 is 10.0 Å². The molecule has 1 aliphatic heterocycles. The van der Waals surface area contributed by atoms with Gasteiger partial charge in [-0.2, -0.15) is 0 Å². The van der Waals surface area contributed by atoms with Gasteiger partial charge >= 0.3 is 0 Å². The number of nitrogens with zero attached hydrogens (tertiary/aromatic N) is 1. The van der Waals surface area contributed by atoms with E-state index in [-0.39, 0.29) is 16.8 Å². The van der Waals surface area contributed by atoms with E-state index in [1.807, 2.05) is 0 Å².